The van der Waals surface area contributed by atoms with Crippen LogP contribution in [-0.2, 0) is 15.8 Å². The highest BCUT2D eigenvalue weighted by molar-refractivity contribution is 5.12. The van der Waals surface area contributed by atoms with E-state index in [0.29, 0.717) is 0 Å². The van der Waals surface area contributed by atoms with Crippen LogP contribution < -0.4 is 5.32 Å². The lowest BCUT2D eigenvalue weighted by molar-refractivity contribution is -0.0858. The Hall–Kier alpha value is -0.940. The number of rotatable bonds is 3. The smallest absolute Gasteiger partial charge is 0.233 e. The highest BCUT2D eigenvalue weighted by Crippen LogP contribution is 2.43. The van der Waals surface area contributed by atoms with E-state index in [2.05, 4.69) is 22.4 Å². The van der Waals surface area contributed by atoms with E-state index in [1.165, 1.54) is 6.42 Å². The maximum atomic E-state index is 5.59. The summed E-state index contributed by atoms with van der Waals surface area (Å²) in [6.07, 6.45) is 5.43. The molecule has 0 amide bonds. The van der Waals surface area contributed by atoms with Crippen molar-refractivity contribution in [2.45, 2.75) is 50.0 Å². The van der Waals surface area contributed by atoms with Crippen LogP contribution in [0.25, 0.3) is 0 Å². The fourth-order valence-electron chi connectivity index (χ4n) is 2.91. The van der Waals surface area contributed by atoms with Gasteiger partial charge in [0.15, 0.2) is 0 Å². The Labute approximate surface area is 107 Å². The van der Waals surface area contributed by atoms with Crippen molar-refractivity contribution in [1.29, 1.82) is 0 Å². The molecule has 0 spiro atoms. The van der Waals surface area contributed by atoms with Crippen LogP contribution in [0.2, 0.25) is 0 Å². The number of nitrogens with zero attached hydrogens (tertiary/aromatic N) is 2. The maximum absolute atomic E-state index is 5.59. The van der Waals surface area contributed by atoms with Gasteiger partial charge in [0.2, 0.25) is 11.7 Å². The van der Waals surface area contributed by atoms with Gasteiger partial charge in [-0.25, -0.2) is 0 Å². The normalized spacial score (nSPS) is 31.0. The third kappa shape index (κ3) is 1.77. The van der Waals surface area contributed by atoms with Crippen LogP contribution >= 0.6 is 0 Å². The summed E-state index contributed by atoms with van der Waals surface area (Å²) in [6.45, 7) is 4.18. The highest BCUT2D eigenvalue weighted by Gasteiger charge is 2.45. The molecule has 0 aromatic carbocycles. The van der Waals surface area contributed by atoms with Gasteiger partial charge in [-0.05, 0) is 45.6 Å². The molecular weight excluding hydrogens is 230 g/mol. The third-order valence-electron chi connectivity index (χ3n) is 4.50. The van der Waals surface area contributed by atoms with Crippen molar-refractivity contribution in [1.82, 2.24) is 15.5 Å². The topological polar surface area (TPSA) is 60.2 Å². The second kappa shape index (κ2) is 4.31. The van der Waals surface area contributed by atoms with Crippen molar-refractivity contribution in [2.75, 3.05) is 20.2 Å². The van der Waals surface area contributed by atoms with E-state index in [1.54, 1.807) is 7.11 Å². The number of hydrogen-bond donors (Lipinski definition) is 1. The molecule has 1 N–H and O–H groups in total. The molecule has 5 nitrogen and oxygen atoms in total. The van der Waals surface area contributed by atoms with Crippen LogP contribution in [0.3, 0.4) is 0 Å². The molecule has 3 rings (SSSR count). The molecule has 2 fully saturated rings. The molecule has 2 aliphatic rings. The van der Waals surface area contributed by atoms with Crippen LogP contribution in [0.5, 0.6) is 0 Å². The predicted octanol–water partition coefficient (Wildman–Crippen LogP) is 1.74. The van der Waals surface area contributed by atoms with E-state index < -0.39 is 0 Å². The molecule has 1 saturated heterocycles. The zero-order valence-corrected chi connectivity index (χ0v) is 11.2. The van der Waals surface area contributed by atoms with Crippen molar-refractivity contribution < 1.29 is 9.26 Å². The Morgan fingerprint density at radius 1 is 1.28 bits per heavy atom. The first kappa shape index (κ1) is 12.1. The average molecular weight is 251 g/mol. The SMILES string of the molecule is COC1(c2noc(C3(C)CCCNC3)n2)CCC1. The minimum absolute atomic E-state index is 0.0256. The molecule has 18 heavy (non-hydrogen) atoms. The molecule has 1 aromatic rings. The molecule has 1 atom stereocenters. The van der Waals surface area contributed by atoms with E-state index in [9.17, 15) is 0 Å². The van der Waals surface area contributed by atoms with E-state index in [4.69, 9.17) is 9.26 Å². The van der Waals surface area contributed by atoms with E-state index in [0.717, 1.165) is 50.5 Å². The fourth-order valence-corrected chi connectivity index (χ4v) is 2.91. The van der Waals surface area contributed by atoms with Crippen LogP contribution in [-0.4, -0.2) is 30.3 Å². The van der Waals surface area contributed by atoms with Gasteiger partial charge in [0.1, 0.15) is 5.60 Å². The van der Waals surface area contributed by atoms with Crippen LogP contribution in [0.1, 0.15) is 50.7 Å². The van der Waals surface area contributed by atoms with E-state index in [1.807, 2.05) is 0 Å². The van der Waals surface area contributed by atoms with Gasteiger partial charge in [-0.1, -0.05) is 5.16 Å². The van der Waals surface area contributed by atoms with Crippen LogP contribution in [0.15, 0.2) is 4.52 Å². The van der Waals surface area contributed by atoms with Crippen molar-refractivity contribution in [3.8, 4) is 0 Å². The molecule has 2 heterocycles. The number of aromatic nitrogens is 2. The first-order chi connectivity index (χ1) is 8.69. The number of hydrogen-bond acceptors (Lipinski definition) is 5. The van der Waals surface area contributed by atoms with Gasteiger partial charge in [-0.15, -0.1) is 0 Å². The quantitative estimate of drug-likeness (QED) is 0.886. The van der Waals surface area contributed by atoms with Gasteiger partial charge in [-0.3, -0.25) is 0 Å². The first-order valence-corrected chi connectivity index (χ1v) is 6.79. The minimum Gasteiger partial charge on any atom is -0.370 e. The van der Waals surface area contributed by atoms with Crippen molar-refractivity contribution >= 4 is 0 Å². The zero-order valence-electron chi connectivity index (χ0n) is 11.2. The van der Waals surface area contributed by atoms with Gasteiger partial charge >= 0.3 is 0 Å². The second-order valence-electron chi connectivity index (χ2n) is 5.82. The number of methoxy groups -OCH3 is 1. The molecule has 1 aliphatic carbocycles. The van der Waals surface area contributed by atoms with E-state index in [-0.39, 0.29) is 11.0 Å². The summed E-state index contributed by atoms with van der Waals surface area (Å²) in [7, 11) is 1.74. The summed E-state index contributed by atoms with van der Waals surface area (Å²) in [4.78, 5) is 4.63. The molecule has 5 heteroatoms. The molecule has 1 saturated carbocycles. The van der Waals surface area contributed by atoms with Gasteiger partial charge in [0, 0.05) is 13.7 Å². The number of nitrogens with one attached hydrogen (secondary N) is 1. The highest BCUT2D eigenvalue weighted by atomic mass is 16.5. The molecule has 0 radical (unpaired) electrons. The predicted molar refractivity (Wildman–Crippen MR) is 66.3 cm³/mol. The van der Waals surface area contributed by atoms with Gasteiger partial charge < -0.3 is 14.6 Å². The summed E-state index contributed by atoms with van der Waals surface area (Å²) in [5, 5.41) is 7.57. The average Bonchev–Trinajstić information content (AvgIpc) is 2.80. The summed E-state index contributed by atoms with van der Waals surface area (Å²) in [5.74, 6) is 1.49. The summed E-state index contributed by atoms with van der Waals surface area (Å²) < 4.78 is 11.1. The Morgan fingerprint density at radius 3 is 2.67 bits per heavy atom. The largest absolute Gasteiger partial charge is 0.370 e. The molecule has 1 aliphatic heterocycles. The molecule has 0 bridgehead atoms. The molecule has 1 aromatic heterocycles. The Balaban J connectivity index is 1.84. The Kier molecular flexibility index (Phi) is 2.90. The minimum atomic E-state index is -0.278. The standard InChI is InChI=1S/C13H21N3O2/c1-12(5-4-8-14-9-12)11-15-10(16-18-11)13(17-2)6-3-7-13/h14H,3-9H2,1-2H3. The lowest BCUT2D eigenvalue weighted by atomic mass is 9.79. The van der Waals surface area contributed by atoms with Crippen molar-refractivity contribution in [3.05, 3.63) is 11.7 Å². The van der Waals surface area contributed by atoms with Crippen molar-refractivity contribution in [3.63, 3.8) is 0 Å². The van der Waals surface area contributed by atoms with Crippen LogP contribution in [0, 0.1) is 0 Å². The number of ether oxygens (including phenoxy) is 1. The van der Waals surface area contributed by atoms with E-state index >= 15 is 0 Å². The van der Waals surface area contributed by atoms with Gasteiger partial charge in [0.25, 0.3) is 0 Å². The fraction of sp³-hybridized carbons (Fsp3) is 0.846. The lowest BCUT2D eigenvalue weighted by Gasteiger charge is -2.37. The monoisotopic (exact) mass is 251 g/mol. The first-order valence-electron chi connectivity index (χ1n) is 6.79. The van der Waals surface area contributed by atoms with Gasteiger partial charge in [-0.2, -0.15) is 4.98 Å². The Morgan fingerprint density at radius 2 is 2.11 bits per heavy atom. The summed E-state index contributed by atoms with van der Waals surface area (Å²) in [5.41, 5.74) is -0.303. The maximum Gasteiger partial charge on any atom is 0.233 e. The zero-order chi connectivity index (χ0) is 12.6. The molecular formula is C13H21N3O2. The lowest BCUT2D eigenvalue weighted by Crippen LogP contribution is -2.41. The number of piperidine rings is 1. The van der Waals surface area contributed by atoms with Crippen LogP contribution in [0.4, 0.5) is 0 Å². The molecule has 100 valence electrons. The Bertz CT molecular complexity index is 414. The molecule has 1 unspecified atom stereocenters. The summed E-state index contributed by atoms with van der Waals surface area (Å²) >= 11 is 0. The van der Waals surface area contributed by atoms with Gasteiger partial charge in [0.05, 0.1) is 5.41 Å². The summed E-state index contributed by atoms with van der Waals surface area (Å²) in [6, 6.07) is 0. The second-order valence-corrected chi connectivity index (χ2v) is 5.82. The third-order valence-corrected chi connectivity index (χ3v) is 4.50. The van der Waals surface area contributed by atoms with Crippen molar-refractivity contribution in [2.24, 2.45) is 0 Å².